The van der Waals surface area contributed by atoms with Gasteiger partial charge in [-0.15, -0.1) is 0 Å². The molecular weight excluding hydrogens is 312 g/mol. The van der Waals surface area contributed by atoms with Crippen LogP contribution in [0.4, 0.5) is 0 Å². The van der Waals surface area contributed by atoms with Crippen molar-refractivity contribution in [2.24, 2.45) is 0 Å². The van der Waals surface area contributed by atoms with Crippen molar-refractivity contribution in [3.8, 4) is 0 Å². The fraction of sp³-hybridized carbons (Fsp3) is 0.214. The molecule has 0 bridgehead atoms. The van der Waals surface area contributed by atoms with Gasteiger partial charge in [-0.3, -0.25) is 4.90 Å². The summed E-state index contributed by atoms with van der Waals surface area (Å²) in [5.41, 5.74) is 2.32. The Labute approximate surface area is 121 Å². The predicted octanol–water partition coefficient (Wildman–Crippen LogP) is 4.13. The van der Waals surface area contributed by atoms with Crippen LogP contribution in [0.15, 0.2) is 47.1 Å². The van der Waals surface area contributed by atoms with Crippen LogP contribution in [0.1, 0.15) is 11.1 Å². The fourth-order valence-electron chi connectivity index (χ4n) is 1.83. The molecule has 2 rings (SSSR count). The monoisotopic (exact) mass is 324 g/mol. The molecule has 18 heavy (non-hydrogen) atoms. The van der Waals surface area contributed by atoms with Gasteiger partial charge in [-0.1, -0.05) is 45.7 Å². The number of halogens is 2. The average Bonchev–Trinajstić information content (AvgIpc) is 2.32. The molecule has 1 aromatic heterocycles. The topological polar surface area (TPSA) is 16.1 Å². The highest BCUT2D eigenvalue weighted by atomic mass is 79.9. The van der Waals surface area contributed by atoms with Crippen LogP contribution in [0.3, 0.4) is 0 Å². The lowest BCUT2D eigenvalue weighted by atomic mass is 10.2. The Bertz CT molecular complexity index is 531. The Morgan fingerprint density at radius 2 is 2.06 bits per heavy atom. The number of aromatic nitrogens is 1. The molecule has 4 heteroatoms. The molecule has 0 N–H and O–H groups in total. The van der Waals surface area contributed by atoms with Crippen LogP contribution >= 0.6 is 27.5 Å². The molecule has 0 unspecified atom stereocenters. The van der Waals surface area contributed by atoms with Gasteiger partial charge in [0.2, 0.25) is 0 Å². The van der Waals surface area contributed by atoms with Gasteiger partial charge < -0.3 is 0 Å². The van der Waals surface area contributed by atoms with Crippen LogP contribution in [0.5, 0.6) is 0 Å². The Balaban J connectivity index is 2.01. The van der Waals surface area contributed by atoms with E-state index in [1.807, 2.05) is 24.3 Å². The van der Waals surface area contributed by atoms with E-state index in [0.29, 0.717) is 5.15 Å². The van der Waals surface area contributed by atoms with Gasteiger partial charge in [0, 0.05) is 29.3 Å². The van der Waals surface area contributed by atoms with Gasteiger partial charge in [0.15, 0.2) is 0 Å². The molecule has 0 atom stereocenters. The number of pyridine rings is 1. The maximum absolute atomic E-state index is 6.05. The Hall–Kier alpha value is -0.900. The maximum Gasteiger partial charge on any atom is 0.133 e. The van der Waals surface area contributed by atoms with E-state index < -0.39 is 0 Å². The lowest BCUT2D eigenvalue weighted by Crippen LogP contribution is -2.17. The Kier molecular flexibility index (Phi) is 4.75. The average molecular weight is 326 g/mol. The zero-order chi connectivity index (χ0) is 13.0. The number of benzene rings is 1. The molecule has 94 valence electrons. The van der Waals surface area contributed by atoms with Crippen LogP contribution in [-0.2, 0) is 13.1 Å². The normalized spacial score (nSPS) is 10.9. The second-order valence-electron chi connectivity index (χ2n) is 4.26. The number of rotatable bonds is 4. The molecule has 1 aromatic carbocycles. The molecule has 0 saturated heterocycles. The first-order chi connectivity index (χ1) is 8.65. The molecule has 0 radical (unpaired) electrons. The van der Waals surface area contributed by atoms with Gasteiger partial charge in [-0.05, 0) is 30.8 Å². The van der Waals surface area contributed by atoms with Crippen molar-refractivity contribution in [1.82, 2.24) is 9.88 Å². The highest BCUT2D eigenvalue weighted by molar-refractivity contribution is 9.10. The SMILES string of the molecule is CN(Cc1cccc(Br)c1)Cc1cccnc1Cl. The molecule has 0 aliphatic heterocycles. The van der Waals surface area contributed by atoms with E-state index in [2.05, 4.69) is 45.0 Å². The zero-order valence-electron chi connectivity index (χ0n) is 10.1. The number of hydrogen-bond donors (Lipinski definition) is 0. The lowest BCUT2D eigenvalue weighted by molar-refractivity contribution is 0.318. The Morgan fingerprint density at radius 3 is 2.78 bits per heavy atom. The molecular formula is C14H14BrClN2. The minimum Gasteiger partial charge on any atom is -0.298 e. The third-order valence-corrected chi connectivity index (χ3v) is 3.45. The highest BCUT2D eigenvalue weighted by Gasteiger charge is 2.05. The van der Waals surface area contributed by atoms with Gasteiger partial charge in [0.25, 0.3) is 0 Å². The first-order valence-corrected chi connectivity index (χ1v) is 6.84. The summed E-state index contributed by atoms with van der Waals surface area (Å²) in [6.45, 7) is 1.67. The van der Waals surface area contributed by atoms with Crippen LogP contribution in [0.2, 0.25) is 5.15 Å². The van der Waals surface area contributed by atoms with E-state index in [9.17, 15) is 0 Å². The second kappa shape index (κ2) is 6.32. The van der Waals surface area contributed by atoms with E-state index >= 15 is 0 Å². The lowest BCUT2D eigenvalue weighted by Gasteiger charge is -2.17. The van der Waals surface area contributed by atoms with E-state index in [-0.39, 0.29) is 0 Å². The summed E-state index contributed by atoms with van der Waals surface area (Å²) in [5, 5.41) is 0.582. The summed E-state index contributed by atoms with van der Waals surface area (Å²) >= 11 is 9.53. The molecule has 0 amide bonds. The van der Waals surface area contributed by atoms with Crippen LogP contribution < -0.4 is 0 Å². The third-order valence-electron chi connectivity index (χ3n) is 2.62. The van der Waals surface area contributed by atoms with E-state index in [1.54, 1.807) is 6.20 Å². The summed E-state index contributed by atoms with van der Waals surface area (Å²) in [6, 6.07) is 12.2. The first kappa shape index (κ1) is 13.5. The van der Waals surface area contributed by atoms with Gasteiger partial charge in [-0.25, -0.2) is 4.98 Å². The van der Waals surface area contributed by atoms with Crippen molar-refractivity contribution < 1.29 is 0 Å². The van der Waals surface area contributed by atoms with Crippen molar-refractivity contribution in [2.75, 3.05) is 7.05 Å². The summed E-state index contributed by atoms with van der Waals surface area (Å²) in [4.78, 5) is 6.30. The standard InChI is InChI=1S/C14H14BrClN2/c1-18(9-11-4-2-6-13(15)8-11)10-12-5-3-7-17-14(12)16/h2-8H,9-10H2,1H3. The largest absolute Gasteiger partial charge is 0.298 e. The fourth-order valence-corrected chi connectivity index (χ4v) is 2.46. The molecule has 0 fully saturated rings. The van der Waals surface area contributed by atoms with Crippen molar-refractivity contribution in [3.63, 3.8) is 0 Å². The summed E-state index contributed by atoms with van der Waals surface area (Å²) in [6.07, 6.45) is 1.71. The van der Waals surface area contributed by atoms with E-state index in [0.717, 1.165) is 23.1 Å². The molecule has 0 aliphatic carbocycles. The van der Waals surface area contributed by atoms with Gasteiger partial charge in [-0.2, -0.15) is 0 Å². The Morgan fingerprint density at radius 1 is 1.22 bits per heavy atom. The minimum absolute atomic E-state index is 0.582. The van der Waals surface area contributed by atoms with Crippen molar-refractivity contribution in [3.05, 3.63) is 63.3 Å². The summed E-state index contributed by atoms with van der Waals surface area (Å²) in [7, 11) is 2.07. The molecule has 2 aromatic rings. The van der Waals surface area contributed by atoms with Crippen LogP contribution in [-0.4, -0.2) is 16.9 Å². The summed E-state index contributed by atoms with van der Waals surface area (Å²) in [5.74, 6) is 0. The summed E-state index contributed by atoms with van der Waals surface area (Å²) < 4.78 is 1.10. The van der Waals surface area contributed by atoms with Gasteiger partial charge >= 0.3 is 0 Å². The predicted molar refractivity (Wildman–Crippen MR) is 78.6 cm³/mol. The van der Waals surface area contributed by atoms with Gasteiger partial charge in [0.1, 0.15) is 5.15 Å². The molecule has 1 heterocycles. The minimum atomic E-state index is 0.582. The van der Waals surface area contributed by atoms with E-state index in [1.165, 1.54) is 5.56 Å². The van der Waals surface area contributed by atoms with Crippen molar-refractivity contribution in [1.29, 1.82) is 0 Å². The number of hydrogen-bond acceptors (Lipinski definition) is 2. The van der Waals surface area contributed by atoms with Crippen molar-refractivity contribution >= 4 is 27.5 Å². The molecule has 0 saturated carbocycles. The van der Waals surface area contributed by atoms with E-state index in [4.69, 9.17) is 11.6 Å². The quantitative estimate of drug-likeness (QED) is 0.786. The zero-order valence-corrected chi connectivity index (χ0v) is 12.4. The maximum atomic E-state index is 6.05. The molecule has 2 nitrogen and oxygen atoms in total. The molecule has 0 spiro atoms. The van der Waals surface area contributed by atoms with Crippen LogP contribution in [0, 0.1) is 0 Å². The van der Waals surface area contributed by atoms with Gasteiger partial charge in [0.05, 0.1) is 0 Å². The first-order valence-electron chi connectivity index (χ1n) is 5.67. The second-order valence-corrected chi connectivity index (χ2v) is 5.53. The molecule has 0 aliphatic rings. The van der Waals surface area contributed by atoms with Crippen LogP contribution in [0.25, 0.3) is 0 Å². The smallest absolute Gasteiger partial charge is 0.133 e. The van der Waals surface area contributed by atoms with Crippen molar-refractivity contribution in [2.45, 2.75) is 13.1 Å². The number of nitrogens with zero attached hydrogens (tertiary/aromatic N) is 2. The highest BCUT2D eigenvalue weighted by Crippen LogP contribution is 2.16. The third kappa shape index (κ3) is 3.80.